The molecular formula is C21H25N3O5S. The first kappa shape index (κ1) is 21.8. The fraction of sp³-hybridized carbons (Fsp3) is 0.333. The number of imidazole rings is 1. The molecule has 1 aromatic heterocycles. The average molecular weight is 432 g/mol. The lowest BCUT2D eigenvalue weighted by Crippen LogP contribution is -2.31. The number of esters is 1. The number of fused-ring (bicyclic) bond motifs is 1. The van der Waals surface area contributed by atoms with Gasteiger partial charge >= 0.3 is 5.97 Å². The van der Waals surface area contributed by atoms with Crippen molar-refractivity contribution in [3.63, 3.8) is 0 Å². The molecule has 30 heavy (non-hydrogen) atoms. The number of sulfonamides is 1. The van der Waals surface area contributed by atoms with E-state index in [1.54, 1.807) is 58.2 Å². The zero-order valence-corrected chi connectivity index (χ0v) is 18.6. The second-order valence-corrected chi connectivity index (χ2v) is 9.04. The van der Waals surface area contributed by atoms with Crippen molar-refractivity contribution in [2.45, 2.75) is 31.7 Å². The van der Waals surface area contributed by atoms with Gasteiger partial charge in [-0.3, -0.25) is 0 Å². The highest BCUT2D eigenvalue weighted by Crippen LogP contribution is 2.32. The van der Waals surface area contributed by atoms with E-state index in [-0.39, 0.29) is 4.90 Å². The smallest absolute Gasteiger partial charge is 0.340 e. The number of ether oxygens (including phenoxy) is 2. The number of benzene rings is 2. The Morgan fingerprint density at radius 3 is 2.37 bits per heavy atom. The van der Waals surface area contributed by atoms with E-state index in [2.05, 4.69) is 9.97 Å². The molecule has 0 saturated heterocycles. The third-order valence-corrected chi connectivity index (χ3v) is 7.42. The Bertz CT molecular complexity index is 1190. The topological polar surface area (TPSA) is 102 Å². The molecule has 0 radical (unpaired) electrons. The summed E-state index contributed by atoms with van der Waals surface area (Å²) >= 11 is 0. The lowest BCUT2D eigenvalue weighted by atomic mass is 10.1. The van der Waals surface area contributed by atoms with Crippen molar-refractivity contribution in [3.8, 4) is 5.75 Å². The van der Waals surface area contributed by atoms with Gasteiger partial charge in [0.25, 0.3) is 0 Å². The van der Waals surface area contributed by atoms with Crippen molar-refractivity contribution in [3.05, 3.63) is 52.8 Å². The van der Waals surface area contributed by atoms with Crippen LogP contribution in [0, 0.1) is 13.8 Å². The number of aromatic nitrogens is 2. The summed E-state index contributed by atoms with van der Waals surface area (Å²) in [4.78, 5) is 19.9. The van der Waals surface area contributed by atoms with Crippen LogP contribution in [0.3, 0.4) is 0 Å². The summed E-state index contributed by atoms with van der Waals surface area (Å²) in [5, 5.41) is 0. The maximum absolute atomic E-state index is 13.4. The Hall–Kier alpha value is -2.91. The van der Waals surface area contributed by atoms with Crippen LogP contribution in [0.15, 0.2) is 35.2 Å². The molecule has 8 nitrogen and oxygen atoms in total. The van der Waals surface area contributed by atoms with E-state index < -0.39 is 22.0 Å². The van der Waals surface area contributed by atoms with Crippen LogP contribution >= 0.6 is 0 Å². The Labute approximate surface area is 175 Å². The van der Waals surface area contributed by atoms with Gasteiger partial charge in [0.15, 0.2) is 0 Å². The maximum atomic E-state index is 13.4. The minimum atomic E-state index is -3.82. The first-order valence-corrected chi connectivity index (χ1v) is 10.8. The minimum Gasteiger partial charge on any atom is -0.497 e. The Kier molecular flexibility index (Phi) is 5.87. The van der Waals surface area contributed by atoms with Gasteiger partial charge in [-0.25, -0.2) is 18.2 Å². The molecule has 0 aliphatic heterocycles. The Morgan fingerprint density at radius 1 is 1.17 bits per heavy atom. The van der Waals surface area contributed by atoms with Gasteiger partial charge in [0.1, 0.15) is 17.1 Å². The number of hydrogen-bond acceptors (Lipinski definition) is 6. The normalized spacial score (nSPS) is 12.9. The molecule has 3 aromatic rings. The molecule has 0 aliphatic carbocycles. The second kappa shape index (κ2) is 8.08. The summed E-state index contributed by atoms with van der Waals surface area (Å²) < 4.78 is 38.1. The van der Waals surface area contributed by atoms with E-state index in [1.807, 2.05) is 0 Å². The highest BCUT2D eigenvalue weighted by atomic mass is 32.2. The van der Waals surface area contributed by atoms with Gasteiger partial charge in [-0.2, -0.15) is 4.31 Å². The van der Waals surface area contributed by atoms with E-state index in [9.17, 15) is 13.2 Å². The molecule has 1 unspecified atom stereocenters. The van der Waals surface area contributed by atoms with Gasteiger partial charge in [-0.15, -0.1) is 0 Å². The fourth-order valence-corrected chi connectivity index (χ4v) is 5.22. The summed E-state index contributed by atoms with van der Waals surface area (Å²) in [7, 11) is 0.542. The first-order valence-electron chi connectivity index (χ1n) is 9.32. The van der Waals surface area contributed by atoms with Crippen LogP contribution in [-0.4, -0.2) is 49.9 Å². The largest absolute Gasteiger partial charge is 0.497 e. The molecule has 1 heterocycles. The predicted octanol–water partition coefficient (Wildman–Crippen LogP) is 3.36. The summed E-state index contributed by atoms with van der Waals surface area (Å²) in [5.74, 6) is 0.528. The van der Waals surface area contributed by atoms with Crippen LogP contribution in [0.25, 0.3) is 11.0 Å². The Balaban J connectivity index is 2.03. The number of hydrogen-bond donors (Lipinski definition) is 1. The molecule has 1 atom stereocenters. The maximum Gasteiger partial charge on any atom is 0.340 e. The molecule has 3 rings (SSSR count). The number of carbonyl (C=O) groups excluding carboxylic acids is 1. The zero-order valence-electron chi connectivity index (χ0n) is 17.8. The van der Waals surface area contributed by atoms with Crippen molar-refractivity contribution in [1.29, 1.82) is 0 Å². The molecule has 1 N–H and O–H groups in total. The van der Waals surface area contributed by atoms with Crippen molar-refractivity contribution >= 4 is 27.0 Å². The van der Waals surface area contributed by atoms with Crippen LogP contribution < -0.4 is 4.74 Å². The SMILES string of the molecule is COC(=O)c1cccc2[nH]c(C(C)N(C)S(=O)(=O)c3c(C)cc(OC)cc3C)nc12. The zero-order chi connectivity index (χ0) is 22.2. The van der Waals surface area contributed by atoms with Crippen LogP contribution in [0.2, 0.25) is 0 Å². The highest BCUT2D eigenvalue weighted by Gasteiger charge is 2.31. The van der Waals surface area contributed by atoms with Gasteiger partial charge in [-0.1, -0.05) is 6.07 Å². The minimum absolute atomic E-state index is 0.240. The van der Waals surface area contributed by atoms with Gasteiger partial charge in [0.05, 0.1) is 36.2 Å². The average Bonchev–Trinajstić information content (AvgIpc) is 3.15. The van der Waals surface area contributed by atoms with Crippen LogP contribution in [-0.2, 0) is 14.8 Å². The summed E-state index contributed by atoms with van der Waals surface area (Å²) in [5.41, 5.74) is 2.58. The van der Waals surface area contributed by atoms with Crippen molar-refractivity contribution in [2.75, 3.05) is 21.3 Å². The number of nitrogens with one attached hydrogen (secondary N) is 1. The molecule has 0 aliphatic rings. The number of para-hydroxylation sites is 1. The third-order valence-electron chi connectivity index (χ3n) is 5.18. The van der Waals surface area contributed by atoms with Crippen LogP contribution in [0.1, 0.15) is 40.3 Å². The number of aryl methyl sites for hydroxylation is 2. The quantitative estimate of drug-likeness (QED) is 0.601. The van der Waals surface area contributed by atoms with E-state index in [4.69, 9.17) is 9.47 Å². The fourth-order valence-electron chi connectivity index (χ4n) is 3.48. The highest BCUT2D eigenvalue weighted by molar-refractivity contribution is 7.89. The lowest BCUT2D eigenvalue weighted by Gasteiger charge is -2.25. The number of H-pyrrole nitrogens is 1. The molecule has 0 saturated carbocycles. The monoisotopic (exact) mass is 431 g/mol. The molecular weight excluding hydrogens is 406 g/mol. The van der Waals surface area contributed by atoms with E-state index >= 15 is 0 Å². The molecule has 0 bridgehead atoms. The predicted molar refractivity (Wildman–Crippen MR) is 113 cm³/mol. The Morgan fingerprint density at radius 2 is 1.80 bits per heavy atom. The first-order chi connectivity index (χ1) is 14.1. The van der Waals surface area contributed by atoms with Crippen molar-refractivity contribution < 1.29 is 22.7 Å². The van der Waals surface area contributed by atoms with E-state index in [1.165, 1.54) is 18.5 Å². The molecule has 2 aromatic carbocycles. The molecule has 9 heteroatoms. The van der Waals surface area contributed by atoms with E-state index in [0.29, 0.717) is 39.3 Å². The van der Waals surface area contributed by atoms with Gasteiger partial charge in [0, 0.05) is 7.05 Å². The number of aromatic amines is 1. The second-order valence-electron chi connectivity index (χ2n) is 7.10. The summed E-state index contributed by atoms with van der Waals surface area (Å²) in [6.07, 6.45) is 0. The molecule has 160 valence electrons. The van der Waals surface area contributed by atoms with Crippen molar-refractivity contribution in [1.82, 2.24) is 14.3 Å². The molecule has 0 fully saturated rings. The van der Waals surface area contributed by atoms with Crippen molar-refractivity contribution in [2.24, 2.45) is 0 Å². The van der Waals surface area contributed by atoms with Crippen LogP contribution in [0.4, 0.5) is 0 Å². The number of rotatable bonds is 6. The number of nitrogens with zero attached hydrogens (tertiary/aromatic N) is 2. The lowest BCUT2D eigenvalue weighted by molar-refractivity contribution is 0.0602. The molecule has 0 amide bonds. The number of carbonyl (C=O) groups is 1. The van der Waals surface area contributed by atoms with Gasteiger partial charge in [-0.05, 0) is 56.2 Å². The standard InChI is InChI=1S/C21H25N3O5S/c1-12-10-15(28-5)11-13(2)19(12)30(26,27)24(4)14(3)20-22-17-9-7-8-16(18(17)23-20)21(25)29-6/h7-11,14H,1-6H3,(H,22,23). The number of methoxy groups -OCH3 is 2. The summed E-state index contributed by atoms with van der Waals surface area (Å²) in [6.45, 7) is 5.22. The van der Waals surface area contributed by atoms with Gasteiger partial charge < -0.3 is 14.5 Å². The van der Waals surface area contributed by atoms with Gasteiger partial charge in [0.2, 0.25) is 10.0 Å². The molecule has 0 spiro atoms. The summed E-state index contributed by atoms with van der Waals surface area (Å²) in [6, 6.07) is 7.90. The van der Waals surface area contributed by atoms with E-state index in [0.717, 1.165) is 0 Å². The third kappa shape index (κ3) is 3.66. The van der Waals surface area contributed by atoms with Crippen LogP contribution in [0.5, 0.6) is 5.75 Å².